The van der Waals surface area contributed by atoms with Gasteiger partial charge in [-0.05, 0) is 35.6 Å². The fourth-order valence-electron chi connectivity index (χ4n) is 1.23. The predicted molar refractivity (Wildman–Crippen MR) is 61.5 cm³/mol. The van der Waals surface area contributed by atoms with Gasteiger partial charge in [0.1, 0.15) is 0 Å². The fourth-order valence-corrected chi connectivity index (χ4v) is 1.38. The number of aliphatic hydroxyl groups excluding tert-OH is 1. The Morgan fingerprint density at radius 3 is 2.75 bits per heavy atom. The summed E-state index contributed by atoms with van der Waals surface area (Å²) >= 11 is 5.56. The molecular formula is C11H16ClNO3. The number of aliphatic hydroxyl groups is 1. The summed E-state index contributed by atoms with van der Waals surface area (Å²) in [7, 11) is 0. The summed E-state index contributed by atoms with van der Waals surface area (Å²) in [6.07, 6.45) is 0.631. The van der Waals surface area contributed by atoms with Crippen molar-refractivity contribution < 1.29 is 14.3 Å². The molecule has 4 nitrogen and oxygen atoms in total. The van der Waals surface area contributed by atoms with E-state index >= 15 is 0 Å². The molecule has 1 aromatic rings. The van der Waals surface area contributed by atoms with Crippen LogP contribution in [-0.2, 0) is 0 Å². The van der Waals surface area contributed by atoms with E-state index in [2.05, 4.69) is 5.32 Å². The van der Waals surface area contributed by atoms with Crippen LogP contribution in [0, 0.1) is 5.41 Å². The standard InChI is InChI=1S/C11H16ClNO3/c1-11(2,5-6-14)7-13-10(15)8-3-4-9(12)16-8/h3-4,14H,5-7H2,1-2H3,(H,13,15). The van der Waals surface area contributed by atoms with Crippen molar-refractivity contribution in [1.29, 1.82) is 0 Å². The van der Waals surface area contributed by atoms with Crippen LogP contribution in [0.15, 0.2) is 16.5 Å². The first-order valence-electron chi connectivity index (χ1n) is 5.09. The normalized spacial score (nSPS) is 11.5. The van der Waals surface area contributed by atoms with E-state index in [9.17, 15) is 4.79 Å². The molecule has 1 heterocycles. The zero-order valence-electron chi connectivity index (χ0n) is 9.42. The molecule has 1 amide bonds. The number of rotatable bonds is 5. The molecule has 1 rings (SSSR count). The van der Waals surface area contributed by atoms with Gasteiger partial charge < -0.3 is 14.8 Å². The van der Waals surface area contributed by atoms with E-state index in [1.807, 2.05) is 13.8 Å². The van der Waals surface area contributed by atoms with E-state index < -0.39 is 0 Å². The highest BCUT2D eigenvalue weighted by Crippen LogP contribution is 2.18. The molecule has 16 heavy (non-hydrogen) atoms. The van der Waals surface area contributed by atoms with Gasteiger partial charge in [0.15, 0.2) is 11.0 Å². The maximum Gasteiger partial charge on any atom is 0.287 e. The lowest BCUT2D eigenvalue weighted by atomic mass is 9.90. The molecule has 0 aliphatic rings. The highest BCUT2D eigenvalue weighted by molar-refractivity contribution is 6.29. The van der Waals surface area contributed by atoms with Gasteiger partial charge in [0, 0.05) is 13.2 Å². The first kappa shape index (κ1) is 13.1. The summed E-state index contributed by atoms with van der Waals surface area (Å²) in [4.78, 5) is 11.6. The largest absolute Gasteiger partial charge is 0.440 e. The van der Waals surface area contributed by atoms with Gasteiger partial charge in [0.2, 0.25) is 0 Å². The Balaban J connectivity index is 2.47. The molecule has 0 radical (unpaired) electrons. The van der Waals surface area contributed by atoms with Crippen molar-refractivity contribution in [3.63, 3.8) is 0 Å². The lowest BCUT2D eigenvalue weighted by Crippen LogP contribution is -2.34. The summed E-state index contributed by atoms with van der Waals surface area (Å²) in [6.45, 7) is 4.53. The van der Waals surface area contributed by atoms with Crippen molar-refractivity contribution >= 4 is 17.5 Å². The van der Waals surface area contributed by atoms with Gasteiger partial charge in [0.25, 0.3) is 5.91 Å². The average Bonchev–Trinajstić information content (AvgIpc) is 2.61. The molecule has 0 aliphatic heterocycles. The lowest BCUT2D eigenvalue weighted by molar-refractivity contribution is 0.0900. The van der Waals surface area contributed by atoms with Crippen LogP contribution in [0.4, 0.5) is 0 Å². The van der Waals surface area contributed by atoms with Gasteiger partial charge in [0.05, 0.1) is 0 Å². The lowest BCUT2D eigenvalue weighted by Gasteiger charge is -2.23. The Labute approximate surface area is 99.6 Å². The van der Waals surface area contributed by atoms with Crippen molar-refractivity contribution in [2.75, 3.05) is 13.2 Å². The quantitative estimate of drug-likeness (QED) is 0.835. The molecule has 2 N–H and O–H groups in total. The first-order chi connectivity index (χ1) is 7.44. The number of nitrogens with one attached hydrogen (secondary N) is 1. The van der Waals surface area contributed by atoms with E-state index in [-0.39, 0.29) is 28.9 Å². The zero-order chi connectivity index (χ0) is 12.2. The minimum Gasteiger partial charge on any atom is -0.440 e. The van der Waals surface area contributed by atoms with E-state index in [0.717, 1.165) is 0 Å². The molecule has 5 heteroatoms. The van der Waals surface area contributed by atoms with Gasteiger partial charge in [-0.25, -0.2) is 0 Å². The molecule has 0 aromatic carbocycles. The minimum absolute atomic E-state index is 0.107. The summed E-state index contributed by atoms with van der Waals surface area (Å²) in [5.41, 5.74) is -0.138. The second-order valence-electron chi connectivity index (χ2n) is 4.42. The van der Waals surface area contributed by atoms with E-state index in [1.54, 1.807) is 0 Å². The molecule has 1 aromatic heterocycles. The van der Waals surface area contributed by atoms with Crippen LogP contribution in [0.3, 0.4) is 0 Å². The second-order valence-corrected chi connectivity index (χ2v) is 4.80. The van der Waals surface area contributed by atoms with Crippen molar-refractivity contribution in [2.45, 2.75) is 20.3 Å². The topological polar surface area (TPSA) is 62.5 Å². The van der Waals surface area contributed by atoms with E-state index in [4.69, 9.17) is 21.1 Å². The average molecular weight is 246 g/mol. The van der Waals surface area contributed by atoms with Crippen molar-refractivity contribution in [3.8, 4) is 0 Å². The smallest absolute Gasteiger partial charge is 0.287 e. The van der Waals surface area contributed by atoms with E-state index in [0.29, 0.717) is 13.0 Å². The molecule has 0 aliphatic carbocycles. The Kier molecular flexibility index (Phi) is 4.38. The van der Waals surface area contributed by atoms with Crippen LogP contribution in [0.2, 0.25) is 5.22 Å². The number of halogens is 1. The highest BCUT2D eigenvalue weighted by Gasteiger charge is 2.19. The SMILES string of the molecule is CC(C)(CCO)CNC(=O)c1ccc(Cl)o1. The maximum atomic E-state index is 11.6. The molecule has 0 saturated carbocycles. The van der Waals surface area contributed by atoms with Crippen molar-refractivity contribution in [1.82, 2.24) is 5.32 Å². The third-order valence-electron chi connectivity index (χ3n) is 2.31. The number of amides is 1. The van der Waals surface area contributed by atoms with Crippen molar-refractivity contribution in [3.05, 3.63) is 23.1 Å². The molecular weight excluding hydrogens is 230 g/mol. The van der Waals surface area contributed by atoms with Gasteiger partial charge in [-0.15, -0.1) is 0 Å². The predicted octanol–water partition coefficient (Wildman–Crippen LogP) is 2.07. The number of hydrogen-bond donors (Lipinski definition) is 2. The van der Waals surface area contributed by atoms with Crippen LogP contribution < -0.4 is 5.32 Å². The first-order valence-corrected chi connectivity index (χ1v) is 5.47. The molecule has 0 unspecified atom stereocenters. The van der Waals surface area contributed by atoms with Gasteiger partial charge in [-0.2, -0.15) is 0 Å². The number of hydrogen-bond acceptors (Lipinski definition) is 3. The summed E-state index contributed by atoms with van der Waals surface area (Å²) < 4.78 is 4.97. The Morgan fingerprint density at radius 1 is 1.56 bits per heavy atom. The van der Waals surface area contributed by atoms with Gasteiger partial charge in [-0.1, -0.05) is 13.8 Å². The number of carbonyl (C=O) groups excluding carboxylic acids is 1. The monoisotopic (exact) mass is 245 g/mol. The Hall–Kier alpha value is -1.00. The zero-order valence-corrected chi connectivity index (χ0v) is 10.2. The van der Waals surface area contributed by atoms with Gasteiger partial charge in [-0.3, -0.25) is 4.79 Å². The molecule has 0 spiro atoms. The van der Waals surface area contributed by atoms with Crippen LogP contribution in [0.5, 0.6) is 0 Å². The van der Waals surface area contributed by atoms with Gasteiger partial charge >= 0.3 is 0 Å². The van der Waals surface area contributed by atoms with Crippen LogP contribution in [-0.4, -0.2) is 24.2 Å². The summed E-state index contributed by atoms with van der Waals surface area (Å²) in [6, 6.07) is 3.05. The number of furan rings is 1. The molecule has 0 bridgehead atoms. The molecule has 90 valence electrons. The third-order valence-corrected chi connectivity index (χ3v) is 2.52. The Morgan fingerprint density at radius 2 is 2.25 bits per heavy atom. The summed E-state index contributed by atoms with van der Waals surface area (Å²) in [5, 5.41) is 11.8. The van der Waals surface area contributed by atoms with Crippen LogP contribution in [0.1, 0.15) is 30.8 Å². The maximum absolute atomic E-state index is 11.6. The van der Waals surface area contributed by atoms with E-state index in [1.165, 1.54) is 12.1 Å². The second kappa shape index (κ2) is 5.37. The molecule has 0 atom stereocenters. The number of carbonyl (C=O) groups is 1. The third kappa shape index (κ3) is 3.87. The molecule has 0 saturated heterocycles. The Bertz CT molecular complexity index is 360. The molecule has 0 fully saturated rings. The van der Waals surface area contributed by atoms with Crippen LogP contribution >= 0.6 is 11.6 Å². The highest BCUT2D eigenvalue weighted by atomic mass is 35.5. The summed E-state index contributed by atoms with van der Waals surface area (Å²) in [5.74, 6) is -0.0947. The fraction of sp³-hybridized carbons (Fsp3) is 0.545. The van der Waals surface area contributed by atoms with Crippen molar-refractivity contribution in [2.24, 2.45) is 5.41 Å². The minimum atomic E-state index is -0.294. The van der Waals surface area contributed by atoms with Crippen LogP contribution in [0.25, 0.3) is 0 Å².